The summed E-state index contributed by atoms with van der Waals surface area (Å²) in [5.41, 5.74) is 2.54. The van der Waals surface area contributed by atoms with Gasteiger partial charge in [-0.25, -0.2) is 8.78 Å². The fraction of sp³-hybridized carbons (Fsp3) is 0.118. The van der Waals surface area contributed by atoms with Gasteiger partial charge in [-0.05, 0) is 72.8 Å². The van der Waals surface area contributed by atoms with Gasteiger partial charge in [0.15, 0.2) is 21.9 Å². The monoisotopic (exact) mass is 652 g/mol. The van der Waals surface area contributed by atoms with Crippen LogP contribution in [-0.2, 0) is 12.8 Å². The molecule has 0 N–H and O–H groups in total. The van der Waals surface area contributed by atoms with E-state index in [-0.39, 0.29) is 23.1 Å². The lowest BCUT2D eigenvalue weighted by molar-refractivity contribution is 0.101. The number of halogens is 2. The van der Waals surface area contributed by atoms with Crippen molar-refractivity contribution in [2.45, 2.75) is 23.2 Å². The second-order valence-corrected chi connectivity index (χ2v) is 12.0. The number of aromatic nitrogens is 6. The number of carbonyl (C=O) groups excluding carboxylic acids is 2. The molecular formula is C34H26F2N6O2S2. The lowest BCUT2D eigenvalue weighted by Crippen LogP contribution is -2.09. The van der Waals surface area contributed by atoms with Crippen LogP contribution in [0.4, 0.5) is 8.78 Å². The van der Waals surface area contributed by atoms with Gasteiger partial charge >= 0.3 is 0 Å². The van der Waals surface area contributed by atoms with E-state index < -0.39 is 11.6 Å². The highest BCUT2D eigenvalue weighted by Gasteiger charge is 2.20. The standard InChI is InChI=1S/C34H26F2N6O2S2/c35-25-15-11-23(12-16-25)29(43)21-45-33-39-37-31(41(33)27-7-3-1-4-8-27)19-20-32-38-40-34(42(32)28-9-5-2-6-10-28)46-22-30(44)24-13-17-26(36)18-14-24/h1-18H,19-22H2. The first-order valence-electron chi connectivity index (χ1n) is 14.3. The van der Waals surface area contributed by atoms with Crippen LogP contribution >= 0.6 is 23.5 Å². The molecule has 0 fully saturated rings. The Morgan fingerprint density at radius 3 is 1.26 bits per heavy atom. The van der Waals surface area contributed by atoms with Crippen LogP contribution in [0.5, 0.6) is 0 Å². The summed E-state index contributed by atoms with van der Waals surface area (Å²) in [6.07, 6.45) is 0.914. The van der Waals surface area contributed by atoms with Gasteiger partial charge in [0.05, 0.1) is 11.5 Å². The number of benzene rings is 4. The molecule has 6 rings (SSSR count). The number of hydrogen-bond acceptors (Lipinski definition) is 8. The molecule has 0 amide bonds. The molecular weight excluding hydrogens is 627 g/mol. The van der Waals surface area contributed by atoms with E-state index in [1.165, 1.54) is 72.1 Å². The zero-order valence-electron chi connectivity index (χ0n) is 24.3. The molecule has 4 aromatic carbocycles. The molecule has 0 spiro atoms. The maximum atomic E-state index is 13.3. The molecule has 0 unspecified atom stereocenters. The van der Waals surface area contributed by atoms with E-state index >= 15 is 0 Å². The van der Waals surface area contributed by atoms with Crippen LogP contribution in [0.1, 0.15) is 32.4 Å². The zero-order chi connectivity index (χ0) is 31.9. The number of aryl methyl sites for hydroxylation is 2. The minimum atomic E-state index is -0.398. The molecule has 230 valence electrons. The Morgan fingerprint density at radius 2 is 0.891 bits per heavy atom. The van der Waals surface area contributed by atoms with Crippen molar-refractivity contribution < 1.29 is 18.4 Å². The van der Waals surface area contributed by atoms with Gasteiger partial charge < -0.3 is 0 Å². The quantitative estimate of drug-likeness (QED) is 0.0987. The first kappa shape index (κ1) is 31.1. The van der Waals surface area contributed by atoms with Gasteiger partial charge in [-0.15, -0.1) is 20.4 Å². The number of para-hydroxylation sites is 2. The van der Waals surface area contributed by atoms with Crippen LogP contribution < -0.4 is 0 Å². The van der Waals surface area contributed by atoms with Gasteiger partial charge in [0.25, 0.3) is 0 Å². The van der Waals surface area contributed by atoms with Crippen LogP contribution in [0.3, 0.4) is 0 Å². The van der Waals surface area contributed by atoms with Crippen LogP contribution in [0.25, 0.3) is 11.4 Å². The molecule has 0 saturated carbocycles. The average molecular weight is 653 g/mol. The number of thioether (sulfide) groups is 2. The van der Waals surface area contributed by atoms with Gasteiger partial charge in [0, 0.05) is 35.3 Å². The highest BCUT2D eigenvalue weighted by molar-refractivity contribution is 8.00. The number of rotatable bonds is 13. The third-order valence-electron chi connectivity index (χ3n) is 7.00. The molecule has 0 saturated heterocycles. The Hall–Kier alpha value is -4.94. The van der Waals surface area contributed by atoms with Crippen LogP contribution in [0, 0.1) is 11.6 Å². The Kier molecular flexibility index (Phi) is 9.75. The third-order valence-corrected chi connectivity index (χ3v) is 8.86. The average Bonchev–Trinajstić information content (AvgIpc) is 3.70. The second-order valence-electron chi connectivity index (χ2n) is 10.1. The van der Waals surface area contributed by atoms with E-state index in [2.05, 4.69) is 20.4 Å². The summed E-state index contributed by atoms with van der Waals surface area (Å²) >= 11 is 2.52. The van der Waals surface area contributed by atoms with E-state index in [4.69, 9.17) is 0 Å². The SMILES string of the molecule is O=C(CSc1nnc(CCc2nnc(SCC(=O)c3ccc(F)cc3)n2-c2ccccc2)n1-c1ccccc1)c1ccc(F)cc1. The van der Waals surface area contributed by atoms with Crippen molar-refractivity contribution in [1.82, 2.24) is 29.5 Å². The van der Waals surface area contributed by atoms with E-state index in [1.54, 1.807) is 0 Å². The normalized spacial score (nSPS) is 11.1. The molecule has 0 aliphatic heterocycles. The number of ketones is 2. The van der Waals surface area contributed by atoms with Gasteiger partial charge in [-0.1, -0.05) is 59.9 Å². The first-order chi connectivity index (χ1) is 22.5. The molecule has 2 heterocycles. The fourth-order valence-electron chi connectivity index (χ4n) is 4.71. The smallest absolute Gasteiger partial charge is 0.196 e. The van der Waals surface area contributed by atoms with Crippen LogP contribution in [0.15, 0.2) is 120 Å². The number of nitrogens with zero attached hydrogens (tertiary/aromatic N) is 6. The summed E-state index contributed by atoms with van der Waals surface area (Å²) < 4.78 is 30.5. The van der Waals surface area contributed by atoms with E-state index in [1.807, 2.05) is 69.8 Å². The third kappa shape index (κ3) is 7.30. The van der Waals surface area contributed by atoms with Crippen LogP contribution in [-0.4, -0.2) is 52.6 Å². The highest BCUT2D eigenvalue weighted by Crippen LogP contribution is 2.26. The Labute approximate surface area is 271 Å². The Bertz CT molecular complexity index is 1800. The molecule has 0 aliphatic carbocycles. The van der Waals surface area contributed by atoms with Crippen molar-refractivity contribution >= 4 is 35.1 Å². The lowest BCUT2D eigenvalue weighted by atomic mass is 10.1. The summed E-state index contributed by atoms with van der Waals surface area (Å²) in [4.78, 5) is 25.6. The molecule has 8 nitrogen and oxygen atoms in total. The predicted octanol–water partition coefficient (Wildman–Crippen LogP) is 6.86. The van der Waals surface area contributed by atoms with Crippen molar-refractivity contribution in [3.63, 3.8) is 0 Å². The lowest BCUT2D eigenvalue weighted by Gasteiger charge is -2.12. The molecule has 46 heavy (non-hydrogen) atoms. The Balaban J connectivity index is 1.23. The largest absolute Gasteiger partial charge is 0.293 e. The Morgan fingerprint density at radius 1 is 0.522 bits per heavy atom. The summed E-state index contributed by atoms with van der Waals surface area (Å²) in [5.74, 6) is 0.472. The molecule has 2 aromatic heterocycles. The topological polar surface area (TPSA) is 95.6 Å². The molecule has 0 atom stereocenters. The minimum Gasteiger partial charge on any atom is -0.293 e. The van der Waals surface area contributed by atoms with Gasteiger partial charge in [0.2, 0.25) is 0 Å². The highest BCUT2D eigenvalue weighted by atomic mass is 32.2. The molecule has 0 aliphatic rings. The van der Waals surface area contributed by atoms with Crippen molar-refractivity contribution in [1.29, 1.82) is 0 Å². The van der Waals surface area contributed by atoms with Gasteiger partial charge in [-0.2, -0.15) is 0 Å². The number of carbonyl (C=O) groups is 2. The molecule has 0 radical (unpaired) electrons. The maximum absolute atomic E-state index is 13.3. The summed E-state index contributed by atoms with van der Waals surface area (Å²) in [6.45, 7) is 0. The number of hydrogen-bond donors (Lipinski definition) is 0. The second kappa shape index (κ2) is 14.4. The van der Waals surface area contributed by atoms with Crippen LogP contribution in [0.2, 0.25) is 0 Å². The van der Waals surface area contributed by atoms with E-state index in [0.717, 1.165) is 11.4 Å². The predicted molar refractivity (Wildman–Crippen MR) is 173 cm³/mol. The minimum absolute atomic E-state index is 0.107. The van der Waals surface area contributed by atoms with Crippen molar-refractivity contribution in [2.24, 2.45) is 0 Å². The van der Waals surface area contributed by atoms with Gasteiger partial charge in [0.1, 0.15) is 23.3 Å². The van der Waals surface area contributed by atoms with Gasteiger partial charge in [-0.3, -0.25) is 18.7 Å². The summed E-state index contributed by atoms with van der Waals surface area (Å²) in [7, 11) is 0. The fourth-order valence-corrected chi connectivity index (χ4v) is 6.44. The summed E-state index contributed by atoms with van der Waals surface area (Å²) in [5, 5.41) is 18.9. The molecule has 6 aromatic rings. The van der Waals surface area contributed by atoms with E-state index in [0.29, 0.717) is 45.9 Å². The number of Topliss-reactive ketones (excluding diaryl/α,β-unsaturated/α-hetero) is 2. The molecule has 0 bridgehead atoms. The van der Waals surface area contributed by atoms with Crippen molar-refractivity contribution in [2.75, 3.05) is 11.5 Å². The first-order valence-corrected chi connectivity index (χ1v) is 16.3. The molecule has 12 heteroatoms. The van der Waals surface area contributed by atoms with E-state index in [9.17, 15) is 18.4 Å². The zero-order valence-corrected chi connectivity index (χ0v) is 25.9. The maximum Gasteiger partial charge on any atom is 0.196 e. The van der Waals surface area contributed by atoms with Crippen molar-refractivity contribution in [3.05, 3.63) is 144 Å². The summed E-state index contributed by atoms with van der Waals surface area (Å²) in [6, 6.07) is 30.2. The van der Waals surface area contributed by atoms with Crippen molar-refractivity contribution in [3.8, 4) is 11.4 Å².